The SMILES string of the molecule is CC(=O)/C(C(=O)O)=C(\O)C(C)C. The van der Waals surface area contributed by atoms with Gasteiger partial charge in [0.1, 0.15) is 11.3 Å². The quantitative estimate of drug-likeness (QED) is 0.289. The summed E-state index contributed by atoms with van der Waals surface area (Å²) in [4.78, 5) is 21.2. The van der Waals surface area contributed by atoms with Crippen molar-refractivity contribution in [3.8, 4) is 0 Å². The molecule has 0 amide bonds. The summed E-state index contributed by atoms with van der Waals surface area (Å²) in [5, 5.41) is 17.7. The highest BCUT2D eigenvalue weighted by atomic mass is 16.4. The summed E-state index contributed by atoms with van der Waals surface area (Å²) in [5.74, 6) is -2.72. The number of hydrogen-bond acceptors (Lipinski definition) is 3. The molecule has 0 heterocycles. The van der Waals surface area contributed by atoms with Crippen molar-refractivity contribution in [1.29, 1.82) is 0 Å². The van der Waals surface area contributed by atoms with E-state index >= 15 is 0 Å². The molecule has 0 bridgehead atoms. The van der Waals surface area contributed by atoms with Crippen LogP contribution in [0.3, 0.4) is 0 Å². The molecule has 4 nitrogen and oxygen atoms in total. The normalized spacial score (nSPS) is 12.7. The number of aliphatic hydroxyl groups is 1. The molecule has 0 rings (SSSR count). The van der Waals surface area contributed by atoms with E-state index in [1.165, 1.54) is 0 Å². The zero-order valence-corrected chi connectivity index (χ0v) is 7.29. The third-order valence-electron chi connectivity index (χ3n) is 1.37. The van der Waals surface area contributed by atoms with E-state index in [9.17, 15) is 14.7 Å². The molecule has 0 aliphatic rings. The van der Waals surface area contributed by atoms with E-state index in [4.69, 9.17) is 5.11 Å². The molecule has 0 unspecified atom stereocenters. The zero-order valence-electron chi connectivity index (χ0n) is 7.29. The molecule has 0 atom stereocenters. The molecule has 0 aromatic carbocycles. The first kappa shape index (κ1) is 10.7. The molecule has 0 radical (unpaired) electrons. The first-order valence-corrected chi connectivity index (χ1v) is 3.55. The Morgan fingerprint density at radius 3 is 1.67 bits per heavy atom. The first-order chi connectivity index (χ1) is 5.37. The van der Waals surface area contributed by atoms with Crippen molar-refractivity contribution in [2.75, 3.05) is 0 Å². The van der Waals surface area contributed by atoms with Crippen molar-refractivity contribution < 1.29 is 19.8 Å². The number of aliphatic carboxylic acids is 1. The fraction of sp³-hybridized carbons (Fsp3) is 0.500. The smallest absolute Gasteiger partial charge is 0.342 e. The number of aliphatic hydroxyl groups excluding tert-OH is 1. The summed E-state index contributed by atoms with van der Waals surface area (Å²) in [6.07, 6.45) is 0. The third-order valence-corrected chi connectivity index (χ3v) is 1.37. The van der Waals surface area contributed by atoms with Crippen LogP contribution in [0.2, 0.25) is 0 Å². The lowest BCUT2D eigenvalue weighted by Gasteiger charge is -2.06. The molecule has 0 aliphatic carbocycles. The summed E-state index contributed by atoms with van der Waals surface area (Å²) < 4.78 is 0. The van der Waals surface area contributed by atoms with E-state index < -0.39 is 17.3 Å². The van der Waals surface area contributed by atoms with Gasteiger partial charge >= 0.3 is 5.97 Å². The molecule has 12 heavy (non-hydrogen) atoms. The highest BCUT2D eigenvalue weighted by molar-refractivity contribution is 6.16. The van der Waals surface area contributed by atoms with Crippen LogP contribution in [0.4, 0.5) is 0 Å². The maximum atomic E-state index is 10.7. The second-order valence-electron chi connectivity index (χ2n) is 2.78. The Labute approximate surface area is 70.5 Å². The van der Waals surface area contributed by atoms with E-state index in [1.54, 1.807) is 13.8 Å². The number of carboxylic acids is 1. The van der Waals surface area contributed by atoms with Gasteiger partial charge in [-0.05, 0) is 6.92 Å². The van der Waals surface area contributed by atoms with E-state index in [0.717, 1.165) is 6.92 Å². The van der Waals surface area contributed by atoms with Crippen LogP contribution in [0.1, 0.15) is 20.8 Å². The molecule has 2 N–H and O–H groups in total. The van der Waals surface area contributed by atoms with E-state index in [1.807, 2.05) is 0 Å². The Bertz CT molecular complexity index is 221. The van der Waals surface area contributed by atoms with Crippen LogP contribution in [0.5, 0.6) is 0 Å². The van der Waals surface area contributed by atoms with Crippen molar-refractivity contribution >= 4 is 11.8 Å². The van der Waals surface area contributed by atoms with Gasteiger partial charge in [-0.15, -0.1) is 0 Å². The van der Waals surface area contributed by atoms with E-state index in [-0.39, 0.29) is 11.7 Å². The summed E-state index contributed by atoms with van der Waals surface area (Å²) in [5.41, 5.74) is -0.523. The summed E-state index contributed by atoms with van der Waals surface area (Å²) in [7, 11) is 0. The van der Waals surface area contributed by atoms with E-state index in [2.05, 4.69) is 0 Å². The fourth-order valence-corrected chi connectivity index (χ4v) is 0.729. The molecule has 0 aliphatic heterocycles. The van der Waals surface area contributed by atoms with Gasteiger partial charge in [-0.3, -0.25) is 4.79 Å². The van der Waals surface area contributed by atoms with Gasteiger partial charge in [-0.1, -0.05) is 13.8 Å². The second kappa shape index (κ2) is 3.90. The van der Waals surface area contributed by atoms with Gasteiger partial charge in [0, 0.05) is 5.92 Å². The fourth-order valence-electron chi connectivity index (χ4n) is 0.729. The van der Waals surface area contributed by atoms with Crippen LogP contribution in [0.25, 0.3) is 0 Å². The van der Waals surface area contributed by atoms with Crippen molar-refractivity contribution in [1.82, 2.24) is 0 Å². The maximum Gasteiger partial charge on any atom is 0.342 e. The van der Waals surface area contributed by atoms with Crippen LogP contribution in [-0.2, 0) is 9.59 Å². The number of hydrogen-bond donors (Lipinski definition) is 2. The molecule has 0 saturated heterocycles. The van der Waals surface area contributed by atoms with Crippen LogP contribution < -0.4 is 0 Å². The molecule has 0 fully saturated rings. The van der Waals surface area contributed by atoms with Crippen LogP contribution in [0.15, 0.2) is 11.3 Å². The number of carbonyl (C=O) groups is 2. The number of carboxylic acid groups (broad SMARTS) is 1. The molecular weight excluding hydrogens is 160 g/mol. The standard InChI is InChI=1S/C8H12O4/c1-4(2)7(10)6(5(3)9)8(11)12/h4,10H,1-3H3,(H,11,12)/b7-6+. The molecule has 0 aromatic heterocycles. The molecule has 0 saturated carbocycles. The lowest BCUT2D eigenvalue weighted by Crippen LogP contribution is -2.14. The largest absolute Gasteiger partial charge is 0.511 e. The van der Waals surface area contributed by atoms with Crippen molar-refractivity contribution in [3.63, 3.8) is 0 Å². The average Bonchev–Trinajstić information content (AvgIpc) is 1.85. The monoisotopic (exact) mass is 172 g/mol. The van der Waals surface area contributed by atoms with Crippen molar-refractivity contribution in [2.45, 2.75) is 20.8 Å². The Morgan fingerprint density at radius 2 is 1.58 bits per heavy atom. The minimum atomic E-state index is -1.38. The molecule has 0 spiro atoms. The van der Waals surface area contributed by atoms with Gasteiger partial charge in [-0.25, -0.2) is 4.79 Å². The predicted molar refractivity (Wildman–Crippen MR) is 42.8 cm³/mol. The molecule has 4 heteroatoms. The predicted octanol–water partition coefficient (Wildman–Crippen LogP) is 1.13. The van der Waals surface area contributed by atoms with Gasteiger partial charge in [0.05, 0.1) is 0 Å². The number of allylic oxidation sites excluding steroid dienone is 1. The first-order valence-electron chi connectivity index (χ1n) is 3.55. The van der Waals surface area contributed by atoms with Gasteiger partial charge in [0.25, 0.3) is 0 Å². The number of ketones is 1. The van der Waals surface area contributed by atoms with Crippen LogP contribution in [-0.4, -0.2) is 22.0 Å². The second-order valence-corrected chi connectivity index (χ2v) is 2.78. The topological polar surface area (TPSA) is 74.6 Å². The van der Waals surface area contributed by atoms with Gasteiger partial charge in [-0.2, -0.15) is 0 Å². The number of Topliss-reactive ketones (excluding diaryl/α,β-unsaturated/α-hetero) is 1. The summed E-state index contributed by atoms with van der Waals surface area (Å²) >= 11 is 0. The van der Waals surface area contributed by atoms with Crippen molar-refractivity contribution in [3.05, 3.63) is 11.3 Å². The minimum Gasteiger partial charge on any atom is -0.511 e. The Kier molecular flexibility index (Phi) is 3.47. The lowest BCUT2D eigenvalue weighted by molar-refractivity contribution is -0.134. The number of carbonyl (C=O) groups excluding carboxylic acids is 1. The molecule has 68 valence electrons. The third kappa shape index (κ3) is 2.38. The van der Waals surface area contributed by atoms with E-state index in [0.29, 0.717) is 0 Å². The minimum absolute atomic E-state index is 0.347. The maximum absolute atomic E-state index is 10.7. The molecular formula is C8H12O4. The Hall–Kier alpha value is -1.32. The Morgan fingerprint density at radius 1 is 1.17 bits per heavy atom. The zero-order chi connectivity index (χ0) is 9.89. The van der Waals surface area contributed by atoms with Crippen molar-refractivity contribution in [2.24, 2.45) is 5.92 Å². The Balaban J connectivity index is 5.08. The molecule has 0 aromatic rings. The average molecular weight is 172 g/mol. The van der Waals surface area contributed by atoms with Gasteiger partial charge in [0.2, 0.25) is 0 Å². The number of rotatable bonds is 3. The van der Waals surface area contributed by atoms with Gasteiger partial charge in [0.15, 0.2) is 5.78 Å². The summed E-state index contributed by atoms with van der Waals surface area (Å²) in [6.45, 7) is 4.34. The van der Waals surface area contributed by atoms with Crippen LogP contribution >= 0.6 is 0 Å². The highest BCUT2D eigenvalue weighted by Gasteiger charge is 2.20. The highest BCUT2D eigenvalue weighted by Crippen LogP contribution is 2.12. The lowest BCUT2D eigenvalue weighted by atomic mass is 10.0. The van der Waals surface area contributed by atoms with Crippen LogP contribution in [0, 0.1) is 5.92 Å². The summed E-state index contributed by atoms with van der Waals surface area (Å²) in [6, 6.07) is 0. The van der Waals surface area contributed by atoms with Gasteiger partial charge < -0.3 is 10.2 Å².